The Morgan fingerprint density at radius 1 is 1.29 bits per heavy atom. The van der Waals surface area contributed by atoms with Gasteiger partial charge >= 0.3 is 6.18 Å². The molecule has 0 fully saturated rings. The third-order valence-corrected chi connectivity index (χ3v) is 3.30. The third kappa shape index (κ3) is 8.02. The number of ether oxygens (including phenoxy) is 1. The fourth-order valence-electron chi connectivity index (χ4n) is 1.54. The summed E-state index contributed by atoms with van der Waals surface area (Å²) in [5.41, 5.74) is -0.796. The molecule has 1 atom stereocenters. The number of nitrogens with one attached hydrogen (secondary N) is 2. The van der Waals surface area contributed by atoms with Crippen LogP contribution in [-0.4, -0.2) is 37.2 Å². The predicted octanol–water partition coefficient (Wildman–Crippen LogP) is 3.31. The first kappa shape index (κ1) is 22.7. The smallest absolute Gasteiger partial charge is 0.417 e. The zero-order valence-electron chi connectivity index (χ0n) is 14.1. The molecule has 1 heterocycles. The van der Waals surface area contributed by atoms with Crippen LogP contribution in [0.15, 0.2) is 23.3 Å². The molecule has 1 aromatic rings. The van der Waals surface area contributed by atoms with E-state index in [4.69, 9.17) is 4.74 Å². The van der Waals surface area contributed by atoms with Gasteiger partial charge in [-0.15, -0.1) is 24.0 Å². The number of nitrogens with zero attached hydrogens (tertiary/aromatic N) is 2. The molecular weight excluding hydrogens is 436 g/mol. The van der Waals surface area contributed by atoms with Crippen molar-refractivity contribution in [3.63, 3.8) is 0 Å². The molecule has 1 rings (SSSR count). The van der Waals surface area contributed by atoms with Crippen molar-refractivity contribution < 1.29 is 17.9 Å². The summed E-state index contributed by atoms with van der Waals surface area (Å²) in [5.74, 6) is 1.26. The van der Waals surface area contributed by atoms with Gasteiger partial charge < -0.3 is 15.4 Å². The fourth-order valence-corrected chi connectivity index (χ4v) is 1.54. The van der Waals surface area contributed by atoms with E-state index in [9.17, 15) is 13.2 Å². The van der Waals surface area contributed by atoms with Gasteiger partial charge in [-0.2, -0.15) is 13.2 Å². The molecule has 0 aliphatic heterocycles. The SMILES string of the molecule is CN=C(NCCOc1ccc(C(F)(F)F)cn1)NC(C)C(C)C.I. The van der Waals surface area contributed by atoms with E-state index in [0.717, 1.165) is 12.3 Å². The summed E-state index contributed by atoms with van der Waals surface area (Å²) >= 11 is 0. The molecule has 138 valence electrons. The molecule has 0 radical (unpaired) electrons. The van der Waals surface area contributed by atoms with Crippen molar-refractivity contribution in [2.75, 3.05) is 20.2 Å². The van der Waals surface area contributed by atoms with Crippen LogP contribution >= 0.6 is 24.0 Å². The highest BCUT2D eigenvalue weighted by Gasteiger charge is 2.30. The number of guanidine groups is 1. The second kappa shape index (κ2) is 10.6. The van der Waals surface area contributed by atoms with Crippen LogP contribution in [0.4, 0.5) is 13.2 Å². The van der Waals surface area contributed by atoms with Crippen LogP contribution in [0.2, 0.25) is 0 Å². The van der Waals surface area contributed by atoms with Crippen LogP contribution in [0, 0.1) is 5.92 Å². The lowest BCUT2D eigenvalue weighted by molar-refractivity contribution is -0.137. The number of hydrogen-bond donors (Lipinski definition) is 2. The number of hydrogen-bond acceptors (Lipinski definition) is 3. The molecule has 2 N–H and O–H groups in total. The van der Waals surface area contributed by atoms with Gasteiger partial charge in [0.05, 0.1) is 12.1 Å². The van der Waals surface area contributed by atoms with Crippen LogP contribution in [0.25, 0.3) is 0 Å². The molecule has 0 aromatic carbocycles. The maximum absolute atomic E-state index is 12.4. The molecule has 0 bridgehead atoms. The second-order valence-corrected chi connectivity index (χ2v) is 5.41. The van der Waals surface area contributed by atoms with Crippen LogP contribution < -0.4 is 15.4 Å². The first-order valence-corrected chi connectivity index (χ1v) is 7.37. The zero-order valence-corrected chi connectivity index (χ0v) is 16.5. The van der Waals surface area contributed by atoms with Crippen LogP contribution in [0.5, 0.6) is 5.88 Å². The monoisotopic (exact) mass is 460 g/mol. The molecule has 0 aliphatic carbocycles. The quantitative estimate of drug-likeness (QED) is 0.296. The predicted molar refractivity (Wildman–Crippen MR) is 98.9 cm³/mol. The average Bonchev–Trinajstić information content (AvgIpc) is 2.49. The number of pyridine rings is 1. The van der Waals surface area contributed by atoms with Crippen molar-refractivity contribution in [1.29, 1.82) is 0 Å². The van der Waals surface area contributed by atoms with Crippen LogP contribution in [-0.2, 0) is 6.18 Å². The topological polar surface area (TPSA) is 58.5 Å². The first-order chi connectivity index (χ1) is 10.7. The largest absolute Gasteiger partial charge is 0.476 e. The molecule has 1 aromatic heterocycles. The van der Waals surface area contributed by atoms with Gasteiger partial charge in [0, 0.05) is 25.4 Å². The highest BCUT2D eigenvalue weighted by molar-refractivity contribution is 14.0. The van der Waals surface area contributed by atoms with Crippen molar-refractivity contribution in [2.24, 2.45) is 10.9 Å². The Morgan fingerprint density at radius 2 is 1.96 bits per heavy atom. The highest BCUT2D eigenvalue weighted by atomic mass is 127. The normalized spacial score (nSPS) is 13.2. The summed E-state index contributed by atoms with van der Waals surface area (Å²) in [4.78, 5) is 7.73. The van der Waals surface area contributed by atoms with Crippen molar-refractivity contribution in [1.82, 2.24) is 15.6 Å². The molecule has 0 aliphatic rings. The Bertz CT molecular complexity index is 506. The lowest BCUT2D eigenvalue weighted by Crippen LogP contribution is -2.45. The first-order valence-electron chi connectivity index (χ1n) is 7.37. The Morgan fingerprint density at radius 3 is 2.42 bits per heavy atom. The van der Waals surface area contributed by atoms with Crippen molar-refractivity contribution in [2.45, 2.75) is 33.0 Å². The maximum atomic E-state index is 12.4. The summed E-state index contributed by atoms with van der Waals surface area (Å²) in [6.45, 7) is 6.97. The molecule has 0 saturated heterocycles. The van der Waals surface area contributed by atoms with Gasteiger partial charge in [-0.1, -0.05) is 13.8 Å². The molecular formula is C15H24F3IN4O. The number of rotatable bonds is 6. The number of alkyl halides is 3. The van der Waals surface area contributed by atoms with Gasteiger partial charge in [0.15, 0.2) is 5.96 Å². The number of aromatic nitrogens is 1. The Kier molecular flexibility index (Phi) is 10.0. The van der Waals surface area contributed by atoms with E-state index >= 15 is 0 Å². The van der Waals surface area contributed by atoms with Gasteiger partial charge in [0.2, 0.25) is 5.88 Å². The van der Waals surface area contributed by atoms with Gasteiger partial charge in [-0.25, -0.2) is 4.98 Å². The van der Waals surface area contributed by atoms with Gasteiger partial charge in [-0.05, 0) is 18.9 Å². The zero-order chi connectivity index (χ0) is 17.5. The number of halogens is 4. The van der Waals surface area contributed by atoms with Crippen molar-refractivity contribution in [3.8, 4) is 5.88 Å². The standard InChI is InChI=1S/C15H23F3N4O.HI/c1-10(2)11(3)22-14(19-4)20-7-8-23-13-6-5-12(9-21-13)15(16,17)18;/h5-6,9-11H,7-8H2,1-4H3,(H2,19,20,22);1H. The molecule has 0 spiro atoms. The molecule has 0 amide bonds. The van der Waals surface area contributed by atoms with Gasteiger partial charge in [0.25, 0.3) is 0 Å². The summed E-state index contributed by atoms with van der Waals surface area (Å²) in [6, 6.07) is 2.41. The minimum atomic E-state index is -4.39. The molecule has 24 heavy (non-hydrogen) atoms. The molecule has 5 nitrogen and oxygen atoms in total. The van der Waals surface area contributed by atoms with E-state index in [1.165, 1.54) is 6.07 Å². The van der Waals surface area contributed by atoms with E-state index in [2.05, 4.69) is 41.4 Å². The average molecular weight is 460 g/mol. The summed E-state index contributed by atoms with van der Waals surface area (Å²) in [5, 5.41) is 6.30. The Labute approximate surface area is 157 Å². The summed E-state index contributed by atoms with van der Waals surface area (Å²) in [7, 11) is 1.67. The fraction of sp³-hybridized carbons (Fsp3) is 0.600. The van der Waals surface area contributed by atoms with E-state index in [0.29, 0.717) is 18.4 Å². The molecule has 1 unspecified atom stereocenters. The van der Waals surface area contributed by atoms with E-state index in [1.807, 2.05) is 0 Å². The minimum absolute atomic E-state index is 0. The Hall–Kier alpha value is -1.26. The molecule has 9 heteroatoms. The van der Waals surface area contributed by atoms with E-state index < -0.39 is 11.7 Å². The lowest BCUT2D eigenvalue weighted by Gasteiger charge is -2.20. The van der Waals surface area contributed by atoms with Crippen LogP contribution in [0.3, 0.4) is 0 Å². The molecule has 0 saturated carbocycles. The van der Waals surface area contributed by atoms with Crippen molar-refractivity contribution >= 4 is 29.9 Å². The third-order valence-electron chi connectivity index (χ3n) is 3.30. The summed E-state index contributed by atoms with van der Waals surface area (Å²) in [6.07, 6.45) is -3.63. The van der Waals surface area contributed by atoms with E-state index in [-0.39, 0.29) is 42.5 Å². The van der Waals surface area contributed by atoms with Gasteiger partial charge in [0.1, 0.15) is 6.61 Å². The van der Waals surface area contributed by atoms with Crippen LogP contribution in [0.1, 0.15) is 26.3 Å². The van der Waals surface area contributed by atoms with E-state index in [1.54, 1.807) is 7.05 Å². The number of aliphatic imine (C=N–C) groups is 1. The van der Waals surface area contributed by atoms with Gasteiger partial charge in [-0.3, -0.25) is 4.99 Å². The van der Waals surface area contributed by atoms with Crippen molar-refractivity contribution in [3.05, 3.63) is 23.9 Å². The minimum Gasteiger partial charge on any atom is -0.476 e. The maximum Gasteiger partial charge on any atom is 0.417 e. The second-order valence-electron chi connectivity index (χ2n) is 5.41. The Balaban J connectivity index is 0.00000529. The summed E-state index contributed by atoms with van der Waals surface area (Å²) < 4.78 is 42.5. The lowest BCUT2D eigenvalue weighted by atomic mass is 10.1. The highest BCUT2D eigenvalue weighted by Crippen LogP contribution is 2.29.